The van der Waals surface area contributed by atoms with Gasteiger partial charge < -0.3 is 19.5 Å². The van der Waals surface area contributed by atoms with Crippen molar-refractivity contribution in [3.05, 3.63) is 84.1 Å². The predicted molar refractivity (Wildman–Crippen MR) is 118 cm³/mol. The molecule has 170 valence electrons. The number of anilines is 1. The molecule has 2 aromatic heterocycles. The number of benzene rings is 2. The van der Waals surface area contributed by atoms with Crippen LogP contribution in [0.25, 0.3) is 0 Å². The lowest BCUT2D eigenvalue weighted by Crippen LogP contribution is -2.15. The Hall–Kier alpha value is -4.34. The Kier molecular flexibility index (Phi) is 6.53. The summed E-state index contributed by atoms with van der Waals surface area (Å²) in [6.07, 6.45) is 3.33. The lowest BCUT2D eigenvalue weighted by atomic mass is 10.2. The number of halogens is 1. The van der Waals surface area contributed by atoms with Crippen molar-refractivity contribution in [1.82, 2.24) is 19.6 Å². The lowest BCUT2D eigenvalue weighted by molar-refractivity contribution is 0.101. The lowest BCUT2D eigenvalue weighted by Gasteiger charge is -2.13. The minimum atomic E-state index is -0.417. The first-order valence-corrected chi connectivity index (χ1v) is 10.0. The molecule has 4 aromatic rings. The second-order valence-electron chi connectivity index (χ2n) is 6.99. The molecule has 4 rings (SSSR count). The fourth-order valence-corrected chi connectivity index (χ4v) is 3.16. The summed E-state index contributed by atoms with van der Waals surface area (Å²) in [5.41, 5.74) is 0.965. The van der Waals surface area contributed by atoms with E-state index < -0.39 is 5.91 Å². The van der Waals surface area contributed by atoms with E-state index in [0.717, 1.165) is 5.56 Å². The first kappa shape index (κ1) is 21.9. The molecule has 10 heteroatoms. The van der Waals surface area contributed by atoms with E-state index in [9.17, 15) is 9.18 Å². The zero-order chi connectivity index (χ0) is 23.2. The number of nitrogens with zero attached hydrogens (tertiary/aromatic N) is 4. The number of carbonyl (C=O) groups excluding carboxylic acids is 1. The van der Waals surface area contributed by atoms with Crippen molar-refractivity contribution in [2.45, 2.75) is 13.3 Å². The topological polar surface area (TPSA) is 92.4 Å². The van der Waals surface area contributed by atoms with Gasteiger partial charge in [-0.25, -0.2) is 9.07 Å². The first-order valence-electron chi connectivity index (χ1n) is 10.0. The summed E-state index contributed by atoms with van der Waals surface area (Å²) in [6.45, 7) is 0.429. The van der Waals surface area contributed by atoms with E-state index in [0.29, 0.717) is 29.6 Å². The molecule has 0 spiro atoms. The number of amides is 1. The largest absolute Gasteiger partial charge is 0.493 e. The van der Waals surface area contributed by atoms with Crippen molar-refractivity contribution < 1.29 is 23.4 Å². The fourth-order valence-electron chi connectivity index (χ4n) is 3.16. The number of carbonyl (C=O) groups is 1. The van der Waals surface area contributed by atoms with Crippen LogP contribution in [0.5, 0.6) is 17.2 Å². The maximum atomic E-state index is 13.3. The number of para-hydroxylation sites is 1. The van der Waals surface area contributed by atoms with E-state index in [1.807, 2.05) is 0 Å². The third kappa shape index (κ3) is 5.29. The molecule has 2 aromatic carbocycles. The van der Waals surface area contributed by atoms with Crippen molar-refractivity contribution in [3.63, 3.8) is 0 Å². The maximum absolute atomic E-state index is 13.3. The van der Waals surface area contributed by atoms with Gasteiger partial charge in [0.05, 0.1) is 20.8 Å². The van der Waals surface area contributed by atoms with E-state index in [-0.39, 0.29) is 18.2 Å². The summed E-state index contributed by atoms with van der Waals surface area (Å²) in [5.74, 6) is 1.12. The van der Waals surface area contributed by atoms with Crippen molar-refractivity contribution in [2.75, 3.05) is 19.5 Å². The van der Waals surface area contributed by atoms with Crippen LogP contribution in [0.2, 0.25) is 0 Å². The number of hydrogen-bond donors (Lipinski definition) is 1. The van der Waals surface area contributed by atoms with Gasteiger partial charge in [0.2, 0.25) is 5.75 Å². The van der Waals surface area contributed by atoms with Crippen LogP contribution in [0.15, 0.2) is 67.0 Å². The van der Waals surface area contributed by atoms with Crippen LogP contribution >= 0.6 is 0 Å². The van der Waals surface area contributed by atoms with Crippen molar-refractivity contribution in [1.29, 1.82) is 0 Å². The van der Waals surface area contributed by atoms with Crippen LogP contribution in [0.4, 0.5) is 10.2 Å². The van der Waals surface area contributed by atoms with Gasteiger partial charge >= 0.3 is 0 Å². The van der Waals surface area contributed by atoms with Gasteiger partial charge in [0.25, 0.3) is 5.91 Å². The van der Waals surface area contributed by atoms with Crippen LogP contribution in [0.1, 0.15) is 16.1 Å². The summed E-state index contributed by atoms with van der Waals surface area (Å²) in [5, 5.41) is 11.2. The molecule has 1 N–H and O–H groups in total. The van der Waals surface area contributed by atoms with Gasteiger partial charge in [-0.2, -0.15) is 10.2 Å². The van der Waals surface area contributed by atoms with Crippen molar-refractivity contribution in [3.8, 4) is 17.2 Å². The minimum absolute atomic E-state index is 0.0479. The second kappa shape index (κ2) is 9.86. The van der Waals surface area contributed by atoms with Crippen LogP contribution in [0, 0.1) is 5.82 Å². The average molecular weight is 451 g/mol. The van der Waals surface area contributed by atoms with Crippen molar-refractivity contribution in [2.24, 2.45) is 0 Å². The highest BCUT2D eigenvalue weighted by molar-refractivity contribution is 6.02. The maximum Gasteiger partial charge on any atom is 0.277 e. The van der Waals surface area contributed by atoms with Gasteiger partial charge in [-0.1, -0.05) is 18.2 Å². The molecule has 0 fully saturated rings. The van der Waals surface area contributed by atoms with E-state index in [2.05, 4.69) is 15.5 Å². The Bertz CT molecular complexity index is 1230. The molecule has 0 radical (unpaired) electrons. The van der Waals surface area contributed by atoms with Gasteiger partial charge in [0, 0.05) is 18.5 Å². The van der Waals surface area contributed by atoms with Gasteiger partial charge in [0.1, 0.15) is 5.82 Å². The molecular formula is C23H22FN5O4. The van der Waals surface area contributed by atoms with Gasteiger partial charge in [0.15, 0.2) is 29.7 Å². The smallest absolute Gasteiger partial charge is 0.277 e. The van der Waals surface area contributed by atoms with E-state index in [4.69, 9.17) is 14.2 Å². The quantitative estimate of drug-likeness (QED) is 0.418. The number of aromatic nitrogens is 4. The number of methoxy groups -OCH3 is 2. The first-order chi connectivity index (χ1) is 16.1. The third-order valence-electron chi connectivity index (χ3n) is 4.71. The molecule has 0 unspecified atom stereocenters. The standard InChI is InChI=1S/C23H22FN5O4/c1-31-19-7-4-8-20(32-2)22(19)33-15-29-11-9-18(26-29)23(30)25-21-10-12-28(27-21)14-16-5-3-6-17(24)13-16/h3-13H,14-15H2,1-2H3,(H,25,27,30). The SMILES string of the molecule is COc1cccc(OC)c1OCn1ccc(C(=O)Nc2ccn(Cc3cccc(F)c3)n2)n1. The van der Waals surface area contributed by atoms with E-state index >= 15 is 0 Å². The zero-order valence-electron chi connectivity index (χ0n) is 18.1. The molecule has 33 heavy (non-hydrogen) atoms. The Morgan fingerprint density at radius 3 is 2.42 bits per heavy atom. The molecule has 0 atom stereocenters. The summed E-state index contributed by atoms with van der Waals surface area (Å²) >= 11 is 0. The highest BCUT2D eigenvalue weighted by Crippen LogP contribution is 2.36. The van der Waals surface area contributed by atoms with Crippen LogP contribution in [-0.2, 0) is 13.3 Å². The Labute approximate surface area is 189 Å². The zero-order valence-corrected chi connectivity index (χ0v) is 18.1. The second-order valence-corrected chi connectivity index (χ2v) is 6.99. The molecule has 1 amide bonds. The van der Waals surface area contributed by atoms with E-state index in [1.165, 1.54) is 31.0 Å². The molecule has 9 nitrogen and oxygen atoms in total. The number of nitrogens with one attached hydrogen (secondary N) is 1. The highest BCUT2D eigenvalue weighted by Gasteiger charge is 2.14. The third-order valence-corrected chi connectivity index (χ3v) is 4.71. The molecule has 0 saturated carbocycles. The normalized spacial score (nSPS) is 10.6. The Morgan fingerprint density at radius 1 is 0.970 bits per heavy atom. The molecule has 0 aliphatic carbocycles. The predicted octanol–water partition coefficient (Wildman–Crippen LogP) is 3.57. The van der Waals surface area contributed by atoms with Crippen LogP contribution in [-0.4, -0.2) is 39.7 Å². The highest BCUT2D eigenvalue weighted by atomic mass is 19.1. The van der Waals surface area contributed by atoms with Gasteiger partial charge in [-0.3, -0.25) is 9.48 Å². The molecule has 0 bridgehead atoms. The molecule has 0 saturated heterocycles. The molecule has 0 aliphatic rings. The monoisotopic (exact) mass is 451 g/mol. The molecule has 2 heterocycles. The average Bonchev–Trinajstić information content (AvgIpc) is 3.47. The minimum Gasteiger partial charge on any atom is -0.493 e. The molecular weight excluding hydrogens is 429 g/mol. The number of rotatable bonds is 9. The van der Waals surface area contributed by atoms with Crippen molar-refractivity contribution >= 4 is 11.7 Å². The van der Waals surface area contributed by atoms with E-state index in [1.54, 1.807) is 59.5 Å². The van der Waals surface area contributed by atoms with Gasteiger partial charge in [-0.05, 0) is 35.9 Å². The Balaban J connectivity index is 1.36. The summed E-state index contributed by atoms with van der Waals surface area (Å²) in [6, 6.07) is 14.8. The number of ether oxygens (including phenoxy) is 3. The fraction of sp³-hybridized carbons (Fsp3) is 0.174. The van der Waals surface area contributed by atoms with Crippen LogP contribution in [0.3, 0.4) is 0 Å². The summed E-state index contributed by atoms with van der Waals surface area (Å²) in [4.78, 5) is 12.5. The summed E-state index contributed by atoms with van der Waals surface area (Å²) < 4.78 is 32.8. The molecule has 0 aliphatic heterocycles. The summed E-state index contributed by atoms with van der Waals surface area (Å²) in [7, 11) is 3.08. The van der Waals surface area contributed by atoms with Crippen LogP contribution < -0.4 is 19.5 Å². The Morgan fingerprint density at radius 2 is 1.70 bits per heavy atom. The van der Waals surface area contributed by atoms with Gasteiger partial charge in [-0.15, -0.1) is 0 Å². The number of hydrogen-bond acceptors (Lipinski definition) is 6.